The molecule has 0 aliphatic heterocycles. The van der Waals surface area contributed by atoms with Crippen LogP contribution in [0.5, 0.6) is 0 Å². The molecule has 1 fully saturated rings. The van der Waals surface area contributed by atoms with Crippen LogP contribution < -0.4 is 5.32 Å². The lowest BCUT2D eigenvalue weighted by molar-refractivity contribution is 0.516. The zero-order valence-electron chi connectivity index (χ0n) is 12.7. The standard InChI is InChI=1S/C16H27N3/c1-5-12-7-8-13(9-12)16-18-14(11(3)4)10-15(19-16)17-6-2/h10-13H,5-9H2,1-4H3,(H,17,18,19). The Morgan fingerprint density at radius 2 is 2.05 bits per heavy atom. The number of hydrogen-bond acceptors (Lipinski definition) is 3. The normalized spacial score (nSPS) is 23.0. The number of rotatable bonds is 5. The summed E-state index contributed by atoms with van der Waals surface area (Å²) in [6.45, 7) is 9.72. The molecule has 106 valence electrons. The predicted octanol–water partition coefficient (Wildman–Crippen LogP) is 4.33. The number of aromatic nitrogens is 2. The average molecular weight is 261 g/mol. The van der Waals surface area contributed by atoms with E-state index in [2.05, 4.69) is 39.1 Å². The Labute approximate surface area is 117 Å². The summed E-state index contributed by atoms with van der Waals surface area (Å²) >= 11 is 0. The largest absolute Gasteiger partial charge is 0.370 e. The molecule has 0 spiro atoms. The van der Waals surface area contributed by atoms with Crippen LogP contribution in [0.2, 0.25) is 0 Å². The van der Waals surface area contributed by atoms with Crippen LogP contribution in [0.4, 0.5) is 5.82 Å². The maximum atomic E-state index is 4.81. The lowest BCUT2D eigenvalue weighted by Crippen LogP contribution is -2.09. The Bertz CT molecular complexity index is 414. The lowest BCUT2D eigenvalue weighted by Gasteiger charge is -2.14. The van der Waals surface area contributed by atoms with Crippen LogP contribution in [0.15, 0.2) is 6.07 Å². The summed E-state index contributed by atoms with van der Waals surface area (Å²) in [5, 5.41) is 3.34. The molecule has 2 atom stereocenters. The molecule has 1 aromatic rings. The predicted molar refractivity (Wildman–Crippen MR) is 80.7 cm³/mol. The van der Waals surface area contributed by atoms with E-state index in [-0.39, 0.29) is 0 Å². The van der Waals surface area contributed by atoms with Crippen LogP contribution in [-0.4, -0.2) is 16.5 Å². The van der Waals surface area contributed by atoms with Gasteiger partial charge in [-0.3, -0.25) is 0 Å². The Hall–Kier alpha value is -1.12. The summed E-state index contributed by atoms with van der Waals surface area (Å²) in [7, 11) is 0. The fraction of sp³-hybridized carbons (Fsp3) is 0.750. The maximum Gasteiger partial charge on any atom is 0.134 e. The minimum atomic E-state index is 0.461. The van der Waals surface area contributed by atoms with E-state index in [4.69, 9.17) is 9.97 Å². The highest BCUT2D eigenvalue weighted by Crippen LogP contribution is 2.38. The van der Waals surface area contributed by atoms with Gasteiger partial charge in [-0.1, -0.05) is 27.2 Å². The second kappa shape index (κ2) is 6.36. The average Bonchev–Trinajstić information content (AvgIpc) is 2.87. The molecular weight excluding hydrogens is 234 g/mol. The zero-order chi connectivity index (χ0) is 13.8. The van der Waals surface area contributed by atoms with Crippen molar-refractivity contribution in [3.05, 3.63) is 17.6 Å². The molecule has 1 heterocycles. The minimum absolute atomic E-state index is 0.461. The number of nitrogens with one attached hydrogen (secondary N) is 1. The van der Waals surface area contributed by atoms with Gasteiger partial charge < -0.3 is 5.32 Å². The van der Waals surface area contributed by atoms with Gasteiger partial charge in [-0.2, -0.15) is 0 Å². The van der Waals surface area contributed by atoms with Crippen molar-refractivity contribution in [2.75, 3.05) is 11.9 Å². The molecule has 0 amide bonds. The highest BCUT2D eigenvalue weighted by Gasteiger charge is 2.27. The Kier molecular flexibility index (Phi) is 4.78. The monoisotopic (exact) mass is 261 g/mol. The topological polar surface area (TPSA) is 37.8 Å². The van der Waals surface area contributed by atoms with Crippen molar-refractivity contribution in [3.8, 4) is 0 Å². The summed E-state index contributed by atoms with van der Waals surface area (Å²) in [5.74, 6) is 3.97. The zero-order valence-corrected chi connectivity index (χ0v) is 12.7. The van der Waals surface area contributed by atoms with Gasteiger partial charge in [-0.05, 0) is 38.0 Å². The molecule has 2 rings (SSSR count). The van der Waals surface area contributed by atoms with Crippen molar-refractivity contribution in [2.24, 2.45) is 5.92 Å². The summed E-state index contributed by atoms with van der Waals surface area (Å²) in [6, 6.07) is 2.10. The third kappa shape index (κ3) is 3.46. The first-order chi connectivity index (χ1) is 9.13. The summed E-state index contributed by atoms with van der Waals surface area (Å²) in [6.07, 6.45) is 5.16. The molecule has 19 heavy (non-hydrogen) atoms. The van der Waals surface area contributed by atoms with Crippen molar-refractivity contribution in [3.63, 3.8) is 0 Å². The van der Waals surface area contributed by atoms with Crippen LogP contribution in [0, 0.1) is 5.92 Å². The minimum Gasteiger partial charge on any atom is -0.370 e. The number of hydrogen-bond donors (Lipinski definition) is 1. The van der Waals surface area contributed by atoms with Gasteiger partial charge in [0.2, 0.25) is 0 Å². The first-order valence-electron chi connectivity index (χ1n) is 7.76. The van der Waals surface area contributed by atoms with Crippen LogP contribution in [0.3, 0.4) is 0 Å². The molecule has 1 saturated carbocycles. The Morgan fingerprint density at radius 1 is 1.26 bits per heavy atom. The van der Waals surface area contributed by atoms with Gasteiger partial charge in [0.25, 0.3) is 0 Å². The van der Waals surface area contributed by atoms with E-state index >= 15 is 0 Å². The Balaban J connectivity index is 2.23. The van der Waals surface area contributed by atoms with E-state index in [9.17, 15) is 0 Å². The van der Waals surface area contributed by atoms with Crippen molar-refractivity contribution < 1.29 is 0 Å². The van der Waals surface area contributed by atoms with Crippen LogP contribution in [0.25, 0.3) is 0 Å². The first-order valence-corrected chi connectivity index (χ1v) is 7.76. The van der Waals surface area contributed by atoms with Crippen molar-refractivity contribution in [1.82, 2.24) is 9.97 Å². The van der Waals surface area contributed by atoms with E-state index in [0.717, 1.165) is 24.1 Å². The molecule has 0 radical (unpaired) electrons. The van der Waals surface area contributed by atoms with E-state index in [0.29, 0.717) is 11.8 Å². The van der Waals surface area contributed by atoms with Gasteiger partial charge in [-0.15, -0.1) is 0 Å². The molecule has 2 unspecified atom stereocenters. The highest BCUT2D eigenvalue weighted by molar-refractivity contribution is 5.37. The second-order valence-electron chi connectivity index (χ2n) is 6.01. The molecular formula is C16H27N3. The van der Waals surface area contributed by atoms with Gasteiger partial charge in [-0.25, -0.2) is 9.97 Å². The van der Waals surface area contributed by atoms with Crippen LogP contribution in [0.1, 0.15) is 76.7 Å². The molecule has 0 saturated heterocycles. The summed E-state index contributed by atoms with van der Waals surface area (Å²) in [5.41, 5.74) is 1.17. The van der Waals surface area contributed by atoms with Crippen molar-refractivity contribution in [2.45, 2.75) is 65.2 Å². The molecule has 1 aromatic heterocycles. The third-order valence-corrected chi connectivity index (χ3v) is 4.20. The molecule has 1 aliphatic rings. The van der Waals surface area contributed by atoms with Gasteiger partial charge in [0.1, 0.15) is 11.6 Å². The first kappa shape index (κ1) is 14.3. The van der Waals surface area contributed by atoms with E-state index in [1.54, 1.807) is 0 Å². The van der Waals surface area contributed by atoms with E-state index in [1.165, 1.54) is 31.4 Å². The summed E-state index contributed by atoms with van der Waals surface area (Å²) in [4.78, 5) is 9.55. The molecule has 3 heteroatoms. The van der Waals surface area contributed by atoms with Gasteiger partial charge in [0, 0.05) is 24.2 Å². The molecule has 1 N–H and O–H groups in total. The van der Waals surface area contributed by atoms with Crippen molar-refractivity contribution in [1.29, 1.82) is 0 Å². The van der Waals surface area contributed by atoms with Crippen LogP contribution in [-0.2, 0) is 0 Å². The SMILES string of the molecule is CCNc1cc(C(C)C)nc(C2CCC(CC)C2)n1. The Morgan fingerprint density at radius 3 is 2.63 bits per heavy atom. The van der Waals surface area contributed by atoms with Crippen molar-refractivity contribution >= 4 is 5.82 Å². The van der Waals surface area contributed by atoms with E-state index in [1.807, 2.05) is 0 Å². The van der Waals surface area contributed by atoms with Crippen LogP contribution >= 0.6 is 0 Å². The van der Waals surface area contributed by atoms with Gasteiger partial charge in [0.05, 0.1) is 0 Å². The molecule has 1 aliphatic carbocycles. The number of nitrogens with zero attached hydrogens (tertiary/aromatic N) is 2. The fourth-order valence-corrected chi connectivity index (χ4v) is 2.92. The third-order valence-electron chi connectivity index (χ3n) is 4.20. The van der Waals surface area contributed by atoms with E-state index < -0.39 is 0 Å². The van der Waals surface area contributed by atoms with Gasteiger partial charge >= 0.3 is 0 Å². The molecule has 0 aromatic carbocycles. The van der Waals surface area contributed by atoms with Gasteiger partial charge in [0.15, 0.2) is 0 Å². The fourth-order valence-electron chi connectivity index (χ4n) is 2.92. The quantitative estimate of drug-likeness (QED) is 0.857. The number of anilines is 1. The smallest absolute Gasteiger partial charge is 0.134 e. The maximum absolute atomic E-state index is 4.81. The molecule has 0 bridgehead atoms. The lowest BCUT2D eigenvalue weighted by atomic mass is 10.0. The second-order valence-corrected chi connectivity index (χ2v) is 6.01. The summed E-state index contributed by atoms with van der Waals surface area (Å²) < 4.78 is 0. The highest BCUT2D eigenvalue weighted by atomic mass is 15.0. The molecule has 3 nitrogen and oxygen atoms in total.